The molecule has 0 atom stereocenters. The van der Waals surface area contributed by atoms with E-state index >= 15 is 0 Å². The van der Waals surface area contributed by atoms with Gasteiger partial charge in [0.15, 0.2) is 11.6 Å². The highest BCUT2D eigenvalue weighted by atomic mass is 19.1. The third kappa shape index (κ3) is 2.82. The van der Waals surface area contributed by atoms with Crippen LogP contribution in [0.5, 0.6) is 11.5 Å². The summed E-state index contributed by atoms with van der Waals surface area (Å²) in [5, 5.41) is 2.49. The quantitative estimate of drug-likeness (QED) is 0.833. The van der Waals surface area contributed by atoms with Gasteiger partial charge in [-0.25, -0.2) is 4.39 Å². The molecule has 0 heterocycles. The van der Waals surface area contributed by atoms with Gasteiger partial charge in [-0.2, -0.15) is 0 Å². The van der Waals surface area contributed by atoms with Crippen molar-refractivity contribution in [3.63, 3.8) is 0 Å². The number of para-hydroxylation sites is 1. The van der Waals surface area contributed by atoms with Gasteiger partial charge in [-0.1, -0.05) is 12.1 Å². The Morgan fingerprint density at radius 3 is 2.63 bits per heavy atom. The van der Waals surface area contributed by atoms with Gasteiger partial charge in [0.1, 0.15) is 5.75 Å². The van der Waals surface area contributed by atoms with Crippen LogP contribution < -0.4 is 15.8 Å². The van der Waals surface area contributed by atoms with Crippen molar-refractivity contribution >= 4 is 11.6 Å². The molecule has 0 saturated heterocycles. The number of anilines is 1. The largest absolute Gasteiger partial charge is 0.453 e. The summed E-state index contributed by atoms with van der Waals surface area (Å²) in [4.78, 5) is 11.7. The zero-order chi connectivity index (χ0) is 13.8. The molecule has 98 valence electrons. The molecule has 0 aliphatic carbocycles. The topological polar surface area (TPSA) is 64.4 Å². The molecule has 0 aliphatic rings. The van der Waals surface area contributed by atoms with Crippen molar-refractivity contribution in [2.24, 2.45) is 0 Å². The Balaban J connectivity index is 2.41. The van der Waals surface area contributed by atoms with E-state index in [1.807, 2.05) is 0 Å². The Morgan fingerprint density at radius 2 is 1.95 bits per heavy atom. The van der Waals surface area contributed by atoms with Gasteiger partial charge in [0.2, 0.25) is 0 Å². The summed E-state index contributed by atoms with van der Waals surface area (Å²) in [7, 11) is 1.51. The van der Waals surface area contributed by atoms with Gasteiger partial charge in [0.05, 0.1) is 5.56 Å². The number of halogens is 1. The molecule has 0 saturated carbocycles. The summed E-state index contributed by atoms with van der Waals surface area (Å²) in [5.41, 5.74) is 6.38. The van der Waals surface area contributed by atoms with Gasteiger partial charge in [0, 0.05) is 18.8 Å². The van der Waals surface area contributed by atoms with Crippen molar-refractivity contribution in [2.75, 3.05) is 12.8 Å². The first kappa shape index (κ1) is 12.9. The number of ether oxygens (including phenoxy) is 1. The molecule has 2 aromatic rings. The molecular formula is C14H13FN2O2. The van der Waals surface area contributed by atoms with Gasteiger partial charge >= 0.3 is 0 Å². The van der Waals surface area contributed by atoms with Crippen LogP contribution in [-0.2, 0) is 0 Å². The molecule has 0 unspecified atom stereocenters. The van der Waals surface area contributed by atoms with Crippen LogP contribution in [0.1, 0.15) is 10.4 Å². The second-order valence-electron chi connectivity index (χ2n) is 3.87. The SMILES string of the molecule is CNC(=O)c1ccc(N)cc1Oc1ccccc1F. The lowest BCUT2D eigenvalue weighted by Gasteiger charge is -2.11. The highest BCUT2D eigenvalue weighted by Gasteiger charge is 2.13. The summed E-state index contributed by atoms with van der Waals surface area (Å²) in [6.07, 6.45) is 0. The summed E-state index contributed by atoms with van der Waals surface area (Å²) >= 11 is 0. The minimum absolute atomic E-state index is 0.0400. The lowest BCUT2D eigenvalue weighted by molar-refractivity contribution is 0.0960. The standard InChI is InChI=1S/C14H13FN2O2/c1-17-14(18)10-7-6-9(16)8-13(10)19-12-5-3-2-4-11(12)15/h2-8H,16H2,1H3,(H,17,18). The number of nitrogens with one attached hydrogen (secondary N) is 1. The molecule has 3 N–H and O–H groups in total. The Hall–Kier alpha value is -2.56. The maximum Gasteiger partial charge on any atom is 0.254 e. The number of rotatable bonds is 3. The maximum absolute atomic E-state index is 13.5. The minimum atomic E-state index is -0.507. The molecule has 19 heavy (non-hydrogen) atoms. The monoisotopic (exact) mass is 260 g/mol. The average Bonchev–Trinajstić information content (AvgIpc) is 2.41. The van der Waals surface area contributed by atoms with E-state index < -0.39 is 5.82 Å². The van der Waals surface area contributed by atoms with Crippen LogP contribution >= 0.6 is 0 Å². The molecule has 5 heteroatoms. The van der Waals surface area contributed by atoms with Gasteiger partial charge in [-0.05, 0) is 24.3 Å². The number of carbonyl (C=O) groups is 1. The summed E-state index contributed by atoms with van der Waals surface area (Å²) < 4.78 is 19.0. The molecule has 0 aliphatic heterocycles. The highest BCUT2D eigenvalue weighted by Crippen LogP contribution is 2.29. The molecule has 0 spiro atoms. The molecule has 1 amide bonds. The number of amides is 1. The van der Waals surface area contributed by atoms with Gasteiger partial charge in [0.25, 0.3) is 5.91 Å². The van der Waals surface area contributed by atoms with Crippen molar-refractivity contribution in [3.05, 3.63) is 53.8 Å². The van der Waals surface area contributed by atoms with Crippen LogP contribution in [0.15, 0.2) is 42.5 Å². The first-order chi connectivity index (χ1) is 9.11. The third-order valence-electron chi connectivity index (χ3n) is 2.53. The lowest BCUT2D eigenvalue weighted by Crippen LogP contribution is -2.18. The van der Waals surface area contributed by atoms with Crippen molar-refractivity contribution in [1.29, 1.82) is 0 Å². The molecule has 0 aromatic heterocycles. The number of benzene rings is 2. The van der Waals surface area contributed by atoms with E-state index in [9.17, 15) is 9.18 Å². The minimum Gasteiger partial charge on any atom is -0.453 e. The zero-order valence-electron chi connectivity index (χ0n) is 10.3. The smallest absolute Gasteiger partial charge is 0.254 e. The second-order valence-corrected chi connectivity index (χ2v) is 3.87. The van der Waals surface area contributed by atoms with Gasteiger partial charge < -0.3 is 15.8 Å². The van der Waals surface area contributed by atoms with Crippen LogP contribution in [0.4, 0.5) is 10.1 Å². The third-order valence-corrected chi connectivity index (χ3v) is 2.53. The van der Waals surface area contributed by atoms with Crippen LogP contribution in [0.2, 0.25) is 0 Å². The van der Waals surface area contributed by atoms with E-state index in [-0.39, 0.29) is 17.4 Å². The molecule has 2 rings (SSSR count). The zero-order valence-corrected chi connectivity index (χ0v) is 10.3. The molecule has 0 fully saturated rings. The highest BCUT2D eigenvalue weighted by molar-refractivity contribution is 5.97. The summed E-state index contributed by atoms with van der Waals surface area (Å²) in [5.74, 6) is -0.582. The predicted molar refractivity (Wildman–Crippen MR) is 70.7 cm³/mol. The second kappa shape index (κ2) is 5.39. The molecule has 4 nitrogen and oxygen atoms in total. The first-order valence-corrected chi connectivity index (χ1v) is 5.66. The normalized spacial score (nSPS) is 10.0. The Labute approximate surface area is 110 Å². The molecule has 2 aromatic carbocycles. The van der Waals surface area contributed by atoms with Crippen molar-refractivity contribution in [1.82, 2.24) is 5.32 Å². The van der Waals surface area contributed by atoms with Crippen LogP contribution in [-0.4, -0.2) is 13.0 Å². The molecular weight excluding hydrogens is 247 g/mol. The number of nitrogens with two attached hydrogens (primary N) is 1. The fraction of sp³-hybridized carbons (Fsp3) is 0.0714. The molecule has 0 bridgehead atoms. The van der Waals surface area contributed by atoms with E-state index in [1.54, 1.807) is 18.2 Å². The van der Waals surface area contributed by atoms with E-state index in [2.05, 4.69) is 5.32 Å². The summed E-state index contributed by atoms with van der Waals surface area (Å²) in [6.45, 7) is 0. The van der Waals surface area contributed by atoms with Crippen LogP contribution in [0.3, 0.4) is 0 Å². The van der Waals surface area contributed by atoms with Crippen LogP contribution in [0.25, 0.3) is 0 Å². The summed E-state index contributed by atoms with van der Waals surface area (Å²) in [6, 6.07) is 10.6. The number of hydrogen-bond donors (Lipinski definition) is 2. The van der Waals surface area contributed by atoms with E-state index in [0.717, 1.165) is 0 Å². The number of hydrogen-bond acceptors (Lipinski definition) is 3. The number of nitrogen functional groups attached to an aromatic ring is 1. The Bertz CT molecular complexity index is 614. The fourth-order valence-corrected chi connectivity index (χ4v) is 1.59. The maximum atomic E-state index is 13.5. The van der Waals surface area contributed by atoms with Crippen molar-refractivity contribution in [3.8, 4) is 11.5 Å². The Morgan fingerprint density at radius 1 is 1.21 bits per heavy atom. The van der Waals surface area contributed by atoms with Gasteiger partial charge in [-0.15, -0.1) is 0 Å². The predicted octanol–water partition coefficient (Wildman–Crippen LogP) is 2.56. The fourth-order valence-electron chi connectivity index (χ4n) is 1.59. The number of carbonyl (C=O) groups excluding carboxylic acids is 1. The average molecular weight is 260 g/mol. The van der Waals surface area contributed by atoms with E-state index in [0.29, 0.717) is 11.3 Å². The van der Waals surface area contributed by atoms with Crippen molar-refractivity contribution < 1.29 is 13.9 Å². The first-order valence-electron chi connectivity index (χ1n) is 5.66. The van der Waals surface area contributed by atoms with Crippen molar-refractivity contribution in [2.45, 2.75) is 0 Å². The van der Waals surface area contributed by atoms with Crippen LogP contribution in [0, 0.1) is 5.82 Å². The lowest BCUT2D eigenvalue weighted by atomic mass is 10.1. The Kier molecular flexibility index (Phi) is 3.66. The molecule has 0 radical (unpaired) electrons. The van der Waals surface area contributed by atoms with E-state index in [4.69, 9.17) is 10.5 Å². The van der Waals surface area contributed by atoms with Gasteiger partial charge in [-0.3, -0.25) is 4.79 Å². The van der Waals surface area contributed by atoms with E-state index in [1.165, 1.54) is 31.3 Å².